The number of allylic oxidation sites excluding steroid dienone is 1. The van der Waals surface area contributed by atoms with Gasteiger partial charge in [-0.3, -0.25) is 4.99 Å². The van der Waals surface area contributed by atoms with Crippen LogP contribution in [0.3, 0.4) is 0 Å². The van der Waals surface area contributed by atoms with Crippen molar-refractivity contribution in [2.75, 3.05) is 31.1 Å². The van der Waals surface area contributed by atoms with Crippen molar-refractivity contribution in [3.8, 4) is 0 Å². The van der Waals surface area contributed by atoms with Crippen LogP contribution in [0, 0.1) is 0 Å². The Morgan fingerprint density at radius 1 is 1.19 bits per heavy atom. The monoisotopic (exact) mass is 471 g/mol. The molecule has 31 heavy (non-hydrogen) atoms. The summed E-state index contributed by atoms with van der Waals surface area (Å²) in [6.07, 6.45) is 1.21. The summed E-state index contributed by atoms with van der Waals surface area (Å²) in [7, 11) is -0.345. The Labute approximate surface area is 193 Å². The van der Waals surface area contributed by atoms with E-state index in [1.165, 1.54) is 6.08 Å². The highest BCUT2D eigenvalue weighted by Crippen LogP contribution is 2.36. The van der Waals surface area contributed by atoms with Gasteiger partial charge in [0, 0.05) is 18.8 Å². The largest absolute Gasteiger partial charge is 0.494 e. The van der Waals surface area contributed by atoms with Crippen LogP contribution in [-0.2, 0) is 9.31 Å². The SMILES string of the molecule is CCN(CCO)c1cccc(B2OC(C)(C)C(C)(C)O2)c1.FC1=CCN=C(Cl)N=C1Cl. The molecule has 0 atom stereocenters. The molecule has 1 saturated heterocycles. The molecule has 170 valence electrons. The van der Waals surface area contributed by atoms with Crippen LogP contribution in [0.5, 0.6) is 0 Å². The van der Waals surface area contributed by atoms with Gasteiger partial charge in [0.25, 0.3) is 0 Å². The molecular formula is C21H29BCl2FN3O3. The van der Waals surface area contributed by atoms with E-state index in [9.17, 15) is 4.39 Å². The van der Waals surface area contributed by atoms with E-state index in [1.807, 2.05) is 18.2 Å². The second kappa shape index (κ2) is 10.9. The van der Waals surface area contributed by atoms with Gasteiger partial charge in [-0.25, -0.2) is 9.38 Å². The number of benzene rings is 1. The first-order chi connectivity index (χ1) is 14.5. The highest BCUT2D eigenvalue weighted by Gasteiger charge is 2.51. The van der Waals surface area contributed by atoms with Crippen molar-refractivity contribution in [1.29, 1.82) is 0 Å². The molecule has 1 aromatic carbocycles. The van der Waals surface area contributed by atoms with Crippen molar-refractivity contribution >= 4 is 51.9 Å². The van der Waals surface area contributed by atoms with Crippen LogP contribution in [0.2, 0.25) is 0 Å². The maximum absolute atomic E-state index is 12.5. The zero-order chi connectivity index (χ0) is 23.2. The zero-order valence-electron chi connectivity index (χ0n) is 18.5. The molecule has 1 aromatic rings. The summed E-state index contributed by atoms with van der Waals surface area (Å²) in [5.74, 6) is -0.582. The molecule has 3 rings (SSSR count). The minimum atomic E-state index is -0.582. The molecule has 2 heterocycles. The topological polar surface area (TPSA) is 66.7 Å². The second-order valence-electron chi connectivity index (χ2n) is 8.05. The van der Waals surface area contributed by atoms with E-state index in [0.717, 1.165) is 17.7 Å². The molecule has 2 aliphatic heterocycles. The van der Waals surface area contributed by atoms with Gasteiger partial charge in [-0.1, -0.05) is 23.7 Å². The molecule has 0 aliphatic carbocycles. The fraction of sp³-hybridized carbons (Fsp3) is 0.524. The molecule has 0 amide bonds. The van der Waals surface area contributed by atoms with Gasteiger partial charge in [-0.2, -0.15) is 0 Å². The Balaban J connectivity index is 0.000000285. The number of aliphatic imine (C=N–C) groups is 2. The summed E-state index contributed by atoms with van der Waals surface area (Å²) in [6, 6.07) is 8.17. The van der Waals surface area contributed by atoms with Crippen LogP contribution in [0.25, 0.3) is 0 Å². The Hall–Kier alpha value is -1.45. The summed E-state index contributed by atoms with van der Waals surface area (Å²) >= 11 is 10.7. The summed E-state index contributed by atoms with van der Waals surface area (Å²) in [6.45, 7) is 12.1. The minimum absolute atomic E-state index is 0.0195. The van der Waals surface area contributed by atoms with Crippen LogP contribution < -0.4 is 10.4 Å². The number of rotatable bonds is 5. The van der Waals surface area contributed by atoms with Crippen molar-refractivity contribution in [2.24, 2.45) is 9.98 Å². The number of hydrogen-bond donors (Lipinski definition) is 1. The smallest absolute Gasteiger partial charge is 0.399 e. The number of amidine groups is 1. The molecule has 2 aliphatic rings. The lowest BCUT2D eigenvalue weighted by molar-refractivity contribution is 0.00578. The number of nitrogens with zero attached hydrogens (tertiary/aromatic N) is 3. The van der Waals surface area contributed by atoms with Crippen LogP contribution in [-0.4, -0.2) is 60.1 Å². The van der Waals surface area contributed by atoms with Crippen LogP contribution in [0.4, 0.5) is 10.1 Å². The summed E-state index contributed by atoms with van der Waals surface area (Å²) < 4.78 is 24.7. The predicted octanol–water partition coefficient (Wildman–Crippen LogP) is 3.89. The number of aliphatic hydroxyl groups is 1. The Morgan fingerprint density at radius 2 is 1.84 bits per heavy atom. The lowest BCUT2D eigenvalue weighted by atomic mass is 9.79. The van der Waals surface area contributed by atoms with Gasteiger partial charge >= 0.3 is 7.12 Å². The van der Waals surface area contributed by atoms with Gasteiger partial charge < -0.3 is 19.3 Å². The summed E-state index contributed by atoms with van der Waals surface area (Å²) in [5, 5.41) is 8.89. The molecular weight excluding hydrogens is 443 g/mol. The lowest BCUT2D eigenvalue weighted by Crippen LogP contribution is -2.41. The second-order valence-corrected chi connectivity index (χ2v) is 8.75. The van der Waals surface area contributed by atoms with Gasteiger partial charge in [0.2, 0.25) is 5.29 Å². The van der Waals surface area contributed by atoms with E-state index in [1.54, 1.807) is 0 Å². The lowest BCUT2D eigenvalue weighted by Gasteiger charge is -2.32. The fourth-order valence-corrected chi connectivity index (χ4v) is 3.25. The van der Waals surface area contributed by atoms with E-state index < -0.39 is 5.83 Å². The van der Waals surface area contributed by atoms with Gasteiger partial charge in [0.1, 0.15) is 0 Å². The van der Waals surface area contributed by atoms with Crippen LogP contribution in [0.15, 0.2) is 46.2 Å². The molecule has 0 aromatic heterocycles. The van der Waals surface area contributed by atoms with E-state index in [-0.39, 0.29) is 41.9 Å². The molecule has 0 spiro atoms. The molecule has 0 radical (unpaired) electrons. The minimum Gasteiger partial charge on any atom is -0.399 e. The zero-order valence-corrected chi connectivity index (χ0v) is 20.0. The van der Waals surface area contributed by atoms with Crippen molar-refractivity contribution in [3.63, 3.8) is 0 Å². The van der Waals surface area contributed by atoms with E-state index in [0.29, 0.717) is 6.54 Å². The first-order valence-electron chi connectivity index (χ1n) is 10.1. The normalized spacial score (nSPS) is 19.5. The molecule has 0 unspecified atom stereocenters. The Morgan fingerprint density at radius 3 is 2.42 bits per heavy atom. The van der Waals surface area contributed by atoms with Crippen molar-refractivity contribution in [3.05, 3.63) is 36.2 Å². The van der Waals surface area contributed by atoms with E-state index >= 15 is 0 Å². The maximum Gasteiger partial charge on any atom is 0.494 e. The molecule has 1 fully saturated rings. The van der Waals surface area contributed by atoms with Crippen molar-refractivity contribution in [2.45, 2.75) is 45.8 Å². The van der Waals surface area contributed by atoms with Gasteiger partial charge in [0.15, 0.2) is 11.0 Å². The van der Waals surface area contributed by atoms with E-state index in [4.69, 9.17) is 37.6 Å². The number of halogens is 3. The van der Waals surface area contributed by atoms with Crippen LogP contribution in [0.1, 0.15) is 34.6 Å². The summed E-state index contributed by atoms with van der Waals surface area (Å²) in [5.41, 5.74) is 1.44. The Kier molecular flexibility index (Phi) is 9.09. The average Bonchev–Trinajstić information content (AvgIpc) is 2.82. The molecule has 6 nitrogen and oxygen atoms in total. The molecule has 0 bridgehead atoms. The van der Waals surface area contributed by atoms with Crippen molar-refractivity contribution < 1.29 is 18.8 Å². The number of anilines is 1. The highest BCUT2D eigenvalue weighted by atomic mass is 35.5. The fourth-order valence-electron chi connectivity index (χ4n) is 2.89. The molecule has 0 saturated carbocycles. The summed E-state index contributed by atoms with van der Waals surface area (Å²) in [4.78, 5) is 9.16. The highest BCUT2D eigenvalue weighted by molar-refractivity contribution is 6.74. The first kappa shape index (κ1) is 25.8. The quantitative estimate of drug-likeness (QED) is 0.522. The third kappa shape index (κ3) is 6.77. The van der Waals surface area contributed by atoms with Gasteiger partial charge in [-0.15, -0.1) is 0 Å². The number of aliphatic hydroxyl groups excluding tert-OH is 1. The Bertz CT molecular complexity index is 846. The first-order valence-corrected chi connectivity index (χ1v) is 10.9. The van der Waals surface area contributed by atoms with Gasteiger partial charge in [0.05, 0.1) is 24.4 Å². The molecule has 10 heteroatoms. The predicted molar refractivity (Wildman–Crippen MR) is 128 cm³/mol. The third-order valence-corrected chi connectivity index (χ3v) is 5.86. The standard InChI is InChI=1S/C16H26BNO3.C5H3Cl2FN2/c1-6-18(10-11-19)14-9-7-8-13(12-14)17-20-15(2,3)16(4,5)21-17;6-4-3(8)1-2-9-5(7)10-4/h7-9,12,19H,6,10-11H2,1-5H3;1H,2H2. The van der Waals surface area contributed by atoms with Crippen LogP contribution >= 0.6 is 23.2 Å². The average molecular weight is 472 g/mol. The van der Waals surface area contributed by atoms with E-state index in [2.05, 4.69) is 55.6 Å². The third-order valence-electron chi connectivity index (χ3n) is 5.39. The van der Waals surface area contributed by atoms with Crippen molar-refractivity contribution in [1.82, 2.24) is 0 Å². The number of hydrogen-bond acceptors (Lipinski definition) is 6. The number of likely N-dealkylation sites (N-methyl/N-ethyl adjacent to an activating group) is 1. The molecule has 1 N–H and O–H groups in total. The maximum atomic E-state index is 12.5. The van der Waals surface area contributed by atoms with Gasteiger partial charge in [-0.05, 0) is 69.9 Å².